The Labute approximate surface area is 147 Å². The Hall–Kier alpha value is -2.69. The molecule has 1 saturated heterocycles. The van der Waals surface area contributed by atoms with E-state index >= 15 is 0 Å². The van der Waals surface area contributed by atoms with Crippen molar-refractivity contribution in [2.45, 2.75) is 18.9 Å². The number of amides is 1. The van der Waals surface area contributed by atoms with Crippen LogP contribution in [0.25, 0.3) is 11.1 Å². The molecular formula is C20H21NO4. The number of hydrogen-bond acceptors (Lipinski definition) is 4. The van der Waals surface area contributed by atoms with Crippen molar-refractivity contribution in [1.29, 1.82) is 0 Å². The molecule has 2 aromatic rings. The van der Waals surface area contributed by atoms with Gasteiger partial charge in [-0.15, -0.1) is 0 Å². The molecule has 2 heterocycles. The van der Waals surface area contributed by atoms with E-state index in [4.69, 9.17) is 14.2 Å². The highest BCUT2D eigenvalue weighted by atomic mass is 16.5. The molecule has 0 bridgehead atoms. The van der Waals surface area contributed by atoms with E-state index in [1.54, 1.807) is 27.4 Å². The summed E-state index contributed by atoms with van der Waals surface area (Å²) in [6.07, 6.45) is 1.94. The third-order valence-electron chi connectivity index (χ3n) is 5.18. The predicted octanol–water partition coefficient (Wildman–Crippen LogP) is 3.67. The van der Waals surface area contributed by atoms with E-state index in [1.165, 1.54) is 0 Å². The van der Waals surface area contributed by atoms with E-state index in [1.807, 2.05) is 23.1 Å². The standard InChI is InChI=1S/C20H21NO4/c1-23-16-8-4-6-12-13-10-17(24-2)18(25-3)11-14(13)20(22)21-9-5-7-15(21)19(12)16/h4,6,8,10-11,15H,5,7,9H2,1-3H3. The molecule has 130 valence electrons. The van der Waals surface area contributed by atoms with Crippen molar-refractivity contribution in [1.82, 2.24) is 4.90 Å². The maximum Gasteiger partial charge on any atom is 0.255 e. The zero-order valence-electron chi connectivity index (χ0n) is 14.7. The Morgan fingerprint density at radius 1 is 0.920 bits per heavy atom. The van der Waals surface area contributed by atoms with Crippen LogP contribution in [0, 0.1) is 0 Å². The summed E-state index contributed by atoms with van der Waals surface area (Å²) in [5.74, 6) is 2.04. The van der Waals surface area contributed by atoms with Gasteiger partial charge in [0.25, 0.3) is 5.91 Å². The largest absolute Gasteiger partial charge is 0.496 e. The first-order valence-corrected chi connectivity index (χ1v) is 8.43. The first-order chi connectivity index (χ1) is 12.2. The minimum Gasteiger partial charge on any atom is -0.496 e. The summed E-state index contributed by atoms with van der Waals surface area (Å²) in [6, 6.07) is 9.71. The number of rotatable bonds is 3. The molecule has 5 heteroatoms. The fourth-order valence-corrected chi connectivity index (χ4v) is 4.04. The minimum atomic E-state index is 0.0386. The molecule has 1 amide bonds. The molecule has 5 nitrogen and oxygen atoms in total. The van der Waals surface area contributed by atoms with Gasteiger partial charge in [0.1, 0.15) is 5.75 Å². The molecule has 0 aromatic heterocycles. The smallest absolute Gasteiger partial charge is 0.255 e. The third-order valence-corrected chi connectivity index (χ3v) is 5.18. The Morgan fingerprint density at radius 3 is 2.28 bits per heavy atom. The Kier molecular flexibility index (Phi) is 3.79. The summed E-state index contributed by atoms with van der Waals surface area (Å²) >= 11 is 0. The van der Waals surface area contributed by atoms with Gasteiger partial charge in [0.15, 0.2) is 11.5 Å². The Bertz CT molecular complexity index is 846. The van der Waals surface area contributed by atoms with Gasteiger partial charge in [-0.3, -0.25) is 4.79 Å². The lowest BCUT2D eigenvalue weighted by Crippen LogP contribution is -2.29. The first-order valence-electron chi connectivity index (χ1n) is 8.43. The van der Waals surface area contributed by atoms with Gasteiger partial charge in [0, 0.05) is 12.1 Å². The van der Waals surface area contributed by atoms with Gasteiger partial charge in [-0.2, -0.15) is 0 Å². The normalized spacial score (nSPS) is 18.1. The summed E-state index contributed by atoms with van der Waals surface area (Å²) in [4.78, 5) is 15.2. The number of ether oxygens (including phenoxy) is 3. The van der Waals surface area contributed by atoms with Crippen molar-refractivity contribution in [3.05, 3.63) is 41.5 Å². The lowest BCUT2D eigenvalue weighted by molar-refractivity contribution is 0.0738. The second-order valence-corrected chi connectivity index (χ2v) is 6.33. The van der Waals surface area contributed by atoms with Crippen LogP contribution >= 0.6 is 0 Å². The molecule has 1 unspecified atom stereocenters. The number of carbonyl (C=O) groups excluding carboxylic acids is 1. The van der Waals surface area contributed by atoms with Gasteiger partial charge in [-0.1, -0.05) is 12.1 Å². The van der Waals surface area contributed by atoms with Gasteiger partial charge in [-0.05, 0) is 42.2 Å². The third kappa shape index (κ3) is 2.26. The van der Waals surface area contributed by atoms with Crippen molar-refractivity contribution in [3.8, 4) is 28.4 Å². The second-order valence-electron chi connectivity index (χ2n) is 6.33. The van der Waals surface area contributed by atoms with Crippen molar-refractivity contribution >= 4 is 5.91 Å². The number of methoxy groups -OCH3 is 3. The van der Waals surface area contributed by atoms with Gasteiger partial charge in [0.05, 0.1) is 32.9 Å². The second kappa shape index (κ2) is 5.99. The summed E-state index contributed by atoms with van der Waals surface area (Å²) in [5.41, 5.74) is 3.63. The van der Waals surface area contributed by atoms with Crippen molar-refractivity contribution in [3.63, 3.8) is 0 Å². The van der Waals surface area contributed by atoms with E-state index in [0.717, 1.165) is 41.8 Å². The molecule has 0 spiro atoms. The van der Waals surface area contributed by atoms with Crippen LogP contribution in [-0.2, 0) is 0 Å². The number of nitrogens with zero attached hydrogens (tertiary/aromatic N) is 1. The molecule has 1 atom stereocenters. The number of carbonyl (C=O) groups is 1. The van der Waals surface area contributed by atoms with E-state index < -0.39 is 0 Å². The van der Waals surface area contributed by atoms with Crippen molar-refractivity contribution in [2.24, 2.45) is 0 Å². The number of hydrogen-bond donors (Lipinski definition) is 0. The summed E-state index contributed by atoms with van der Waals surface area (Å²) in [6.45, 7) is 0.759. The van der Waals surface area contributed by atoms with E-state index in [-0.39, 0.29) is 11.9 Å². The van der Waals surface area contributed by atoms with Crippen molar-refractivity contribution in [2.75, 3.05) is 27.9 Å². The number of benzene rings is 2. The maximum absolute atomic E-state index is 13.2. The molecule has 0 aliphatic carbocycles. The first kappa shape index (κ1) is 15.8. The van der Waals surface area contributed by atoms with Gasteiger partial charge < -0.3 is 19.1 Å². The number of fused-ring (bicyclic) bond motifs is 5. The van der Waals surface area contributed by atoms with Crippen LogP contribution in [0.15, 0.2) is 30.3 Å². The summed E-state index contributed by atoms with van der Waals surface area (Å²) in [5, 5.41) is 0. The molecule has 4 rings (SSSR count). The molecule has 2 aliphatic heterocycles. The fourth-order valence-electron chi connectivity index (χ4n) is 4.04. The van der Waals surface area contributed by atoms with Crippen LogP contribution < -0.4 is 14.2 Å². The zero-order chi connectivity index (χ0) is 17.6. The Balaban J connectivity index is 2.05. The highest BCUT2D eigenvalue weighted by Crippen LogP contribution is 2.48. The van der Waals surface area contributed by atoms with Crippen LogP contribution in [0.4, 0.5) is 0 Å². The van der Waals surface area contributed by atoms with E-state index in [0.29, 0.717) is 17.1 Å². The van der Waals surface area contributed by atoms with Crippen LogP contribution in [0.2, 0.25) is 0 Å². The average molecular weight is 339 g/mol. The molecule has 0 N–H and O–H groups in total. The molecule has 0 saturated carbocycles. The monoisotopic (exact) mass is 339 g/mol. The lowest BCUT2D eigenvalue weighted by Gasteiger charge is -2.25. The highest BCUT2D eigenvalue weighted by molar-refractivity contribution is 6.04. The summed E-state index contributed by atoms with van der Waals surface area (Å²) < 4.78 is 16.5. The Morgan fingerprint density at radius 2 is 1.60 bits per heavy atom. The van der Waals surface area contributed by atoms with Gasteiger partial charge in [-0.25, -0.2) is 0 Å². The lowest BCUT2D eigenvalue weighted by atomic mass is 9.92. The van der Waals surface area contributed by atoms with Gasteiger partial charge in [0.2, 0.25) is 0 Å². The molecule has 2 aliphatic rings. The molecule has 25 heavy (non-hydrogen) atoms. The van der Waals surface area contributed by atoms with Crippen LogP contribution in [0.5, 0.6) is 17.2 Å². The van der Waals surface area contributed by atoms with E-state index in [9.17, 15) is 4.79 Å². The maximum atomic E-state index is 13.2. The zero-order valence-corrected chi connectivity index (χ0v) is 14.7. The van der Waals surface area contributed by atoms with Crippen LogP contribution in [0.1, 0.15) is 34.8 Å². The van der Waals surface area contributed by atoms with Crippen LogP contribution in [0.3, 0.4) is 0 Å². The SMILES string of the molecule is COc1cc2c(cc1OC)-c1cccc(OC)c1C1CCCN1C2=O. The minimum absolute atomic E-state index is 0.0386. The van der Waals surface area contributed by atoms with E-state index in [2.05, 4.69) is 6.07 Å². The molecule has 1 fully saturated rings. The molecule has 0 radical (unpaired) electrons. The topological polar surface area (TPSA) is 48.0 Å². The highest BCUT2D eigenvalue weighted by Gasteiger charge is 2.38. The average Bonchev–Trinajstić information content (AvgIpc) is 3.11. The van der Waals surface area contributed by atoms with Gasteiger partial charge >= 0.3 is 0 Å². The fraction of sp³-hybridized carbons (Fsp3) is 0.350. The van der Waals surface area contributed by atoms with Crippen molar-refractivity contribution < 1.29 is 19.0 Å². The molecule has 2 aromatic carbocycles. The quantitative estimate of drug-likeness (QED) is 0.856. The molecular weight excluding hydrogens is 318 g/mol. The van der Waals surface area contributed by atoms with Crippen LogP contribution in [-0.4, -0.2) is 38.7 Å². The predicted molar refractivity (Wildman–Crippen MR) is 94.5 cm³/mol. The summed E-state index contributed by atoms with van der Waals surface area (Å²) in [7, 11) is 4.87.